The van der Waals surface area contributed by atoms with Crippen molar-refractivity contribution in [1.29, 1.82) is 0 Å². The third-order valence-electron chi connectivity index (χ3n) is 7.40. The summed E-state index contributed by atoms with van der Waals surface area (Å²) in [5.74, 6) is -53.3. The van der Waals surface area contributed by atoms with E-state index in [2.05, 4.69) is 4.65 Å². The van der Waals surface area contributed by atoms with Crippen molar-refractivity contribution in [2.75, 3.05) is 0 Å². The van der Waals surface area contributed by atoms with E-state index < -0.39 is 156 Å². The standard InChI is InChI=1S/C29H3BF18O2/c31-5-2-1-4(3-6(5)32)49-30(13-9-10(17(36)21(40)20(13)39)18(37)24(43)23(42)16(9)35)50-28-12-8(15(34)25(44)27(28)46)7-11(29(12,47)48)19(38)26(45)22(41)14(7)33/h1-3H. The van der Waals surface area contributed by atoms with Crippen LogP contribution < -0.4 is 14.8 Å². The largest absolute Gasteiger partial charge is 0.636 e. The smallest absolute Gasteiger partial charge is 0.522 e. The van der Waals surface area contributed by atoms with Gasteiger partial charge in [0.15, 0.2) is 93.0 Å². The quantitative estimate of drug-likeness (QED) is 0.0777. The molecule has 2 nitrogen and oxygen atoms in total. The molecular formula is C29H3BF18O2. The summed E-state index contributed by atoms with van der Waals surface area (Å²) in [5, 5.41) is -4.55. The Kier molecular flexibility index (Phi) is 7.90. The van der Waals surface area contributed by atoms with Crippen molar-refractivity contribution in [2.45, 2.75) is 5.92 Å². The highest BCUT2D eigenvalue weighted by Gasteiger charge is 2.56. The van der Waals surface area contributed by atoms with Crippen LogP contribution in [-0.4, -0.2) is 7.12 Å². The summed E-state index contributed by atoms with van der Waals surface area (Å²) in [6, 6.07) is 0.487. The number of rotatable bonds is 5. The second-order valence-electron chi connectivity index (χ2n) is 10.1. The van der Waals surface area contributed by atoms with Crippen LogP contribution in [0.3, 0.4) is 0 Å². The maximum Gasteiger partial charge on any atom is 0.636 e. The molecule has 0 spiro atoms. The van der Waals surface area contributed by atoms with Crippen LogP contribution in [0.2, 0.25) is 0 Å². The number of alkyl halides is 2. The van der Waals surface area contributed by atoms with E-state index in [1.54, 1.807) is 0 Å². The fraction of sp³-hybridized carbons (Fsp3) is 0.0345. The summed E-state index contributed by atoms with van der Waals surface area (Å²) in [7, 11) is -3.64. The van der Waals surface area contributed by atoms with Crippen molar-refractivity contribution in [3.05, 3.63) is 122 Å². The minimum absolute atomic E-state index is 0.0321. The molecule has 0 amide bonds. The SMILES string of the molecule is Fc1ccc(OB(Oc2c(F)c(F)c(F)c3c2C(F)(F)c2c(F)c(F)c(F)c(F)c2-3)c2c(F)c(F)c(F)c3c(F)c(F)c(F)c(F)c23)cc1F. The van der Waals surface area contributed by atoms with Crippen LogP contribution in [0.1, 0.15) is 11.1 Å². The highest BCUT2D eigenvalue weighted by atomic mass is 19.3. The predicted molar refractivity (Wildman–Crippen MR) is 131 cm³/mol. The van der Waals surface area contributed by atoms with Gasteiger partial charge in [-0.15, -0.1) is 0 Å². The van der Waals surface area contributed by atoms with E-state index in [1.807, 2.05) is 0 Å². The molecule has 0 aromatic heterocycles. The maximum absolute atomic E-state index is 15.7. The molecule has 0 N–H and O–H groups in total. The molecule has 0 saturated heterocycles. The van der Waals surface area contributed by atoms with Crippen molar-refractivity contribution in [1.82, 2.24) is 0 Å². The monoisotopic (exact) mass is 736 g/mol. The Balaban J connectivity index is 1.73. The maximum atomic E-state index is 15.7. The summed E-state index contributed by atoms with van der Waals surface area (Å²) in [5.41, 5.74) is -12.0. The summed E-state index contributed by atoms with van der Waals surface area (Å²) in [6.07, 6.45) is 0. The summed E-state index contributed by atoms with van der Waals surface area (Å²) in [4.78, 5) is 0. The number of hydrogen-bond acceptors (Lipinski definition) is 2. The van der Waals surface area contributed by atoms with Gasteiger partial charge in [-0.2, -0.15) is 13.2 Å². The molecule has 0 aliphatic heterocycles. The van der Waals surface area contributed by atoms with Crippen LogP contribution in [0.25, 0.3) is 21.9 Å². The zero-order valence-corrected chi connectivity index (χ0v) is 22.9. The van der Waals surface area contributed by atoms with Crippen molar-refractivity contribution in [3.8, 4) is 22.6 Å². The van der Waals surface area contributed by atoms with E-state index in [9.17, 15) is 52.7 Å². The van der Waals surface area contributed by atoms with Crippen molar-refractivity contribution < 1.29 is 88.3 Å². The van der Waals surface area contributed by atoms with Crippen LogP contribution in [-0.2, 0) is 5.92 Å². The van der Waals surface area contributed by atoms with Crippen LogP contribution in [0.15, 0.2) is 18.2 Å². The average Bonchev–Trinajstić information content (AvgIpc) is 3.32. The average molecular weight is 736 g/mol. The van der Waals surface area contributed by atoms with Crippen LogP contribution >= 0.6 is 0 Å². The molecule has 5 aromatic carbocycles. The lowest BCUT2D eigenvalue weighted by molar-refractivity contribution is 0.0404. The van der Waals surface area contributed by atoms with Crippen molar-refractivity contribution >= 4 is 23.4 Å². The Morgan fingerprint density at radius 3 is 1.44 bits per heavy atom. The summed E-state index contributed by atoms with van der Waals surface area (Å²) in [6.45, 7) is 0. The van der Waals surface area contributed by atoms with Gasteiger partial charge in [-0.1, -0.05) is 0 Å². The Hall–Kier alpha value is -5.24. The van der Waals surface area contributed by atoms with Crippen LogP contribution in [0.5, 0.6) is 11.5 Å². The molecule has 260 valence electrons. The van der Waals surface area contributed by atoms with Crippen molar-refractivity contribution in [2.24, 2.45) is 0 Å². The van der Waals surface area contributed by atoms with E-state index in [0.717, 1.165) is 0 Å². The van der Waals surface area contributed by atoms with E-state index >= 15 is 26.3 Å². The number of benzene rings is 5. The lowest BCUT2D eigenvalue weighted by atomic mass is 9.74. The third kappa shape index (κ3) is 4.57. The third-order valence-corrected chi connectivity index (χ3v) is 7.40. The molecule has 0 bridgehead atoms. The first-order chi connectivity index (χ1) is 23.2. The van der Waals surface area contributed by atoms with Gasteiger partial charge in [-0.05, 0) is 12.1 Å². The molecule has 5 aromatic rings. The predicted octanol–water partition coefficient (Wildman–Crippen LogP) is 9.04. The molecule has 0 unspecified atom stereocenters. The highest BCUT2D eigenvalue weighted by Crippen LogP contribution is 2.58. The Bertz CT molecular complexity index is 2340. The van der Waals surface area contributed by atoms with Gasteiger partial charge in [0.2, 0.25) is 5.82 Å². The van der Waals surface area contributed by atoms with Gasteiger partial charge in [-0.25, -0.2) is 65.9 Å². The number of hydrogen-bond donors (Lipinski definition) is 0. The molecular weight excluding hydrogens is 733 g/mol. The fourth-order valence-corrected chi connectivity index (χ4v) is 5.24. The van der Waals surface area contributed by atoms with Crippen LogP contribution in [0.4, 0.5) is 79.0 Å². The Morgan fingerprint density at radius 1 is 0.420 bits per heavy atom. The van der Waals surface area contributed by atoms with E-state index in [1.165, 1.54) is 0 Å². The lowest BCUT2D eigenvalue weighted by Crippen LogP contribution is -2.47. The minimum atomic E-state index is -5.51. The molecule has 6 rings (SSSR count). The van der Waals surface area contributed by atoms with Gasteiger partial charge in [0.05, 0.1) is 22.0 Å². The summed E-state index contributed by atoms with van der Waals surface area (Å²) < 4.78 is 274. The summed E-state index contributed by atoms with van der Waals surface area (Å²) >= 11 is 0. The molecule has 21 heteroatoms. The first-order valence-corrected chi connectivity index (χ1v) is 12.8. The van der Waals surface area contributed by atoms with Crippen molar-refractivity contribution in [3.63, 3.8) is 0 Å². The zero-order chi connectivity index (χ0) is 37.0. The normalized spacial score (nSPS) is 13.2. The molecule has 0 radical (unpaired) electrons. The topological polar surface area (TPSA) is 18.5 Å². The Morgan fingerprint density at radius 2 is 0.880 bits per heavy atom. The molecule has 0 heterocycles. The van der Waals surface area contributed by atoms with E-state index in [0.29, 0.717) is 6.07 Å². The zero-order valence-electron chi connectivity index (χ0n) is 22.9. The number of fused-ring (bicyclic) bond motifs is 4. The molecule has 0 saturated carbocycles. The van der Waals surface area contributed by atoms with Gasteiger partial charge >= 0.3 is 13.0 Å². The second-order valence-corrected chi connectivity index (χ2v) is 10.1. The highest BCUT2D eigenvalue weighted by molar-refractivity contribution is 6.66. The second kappa shape index (κ2) is 11.4. The molecule has 50 heavy (non-hydrogen) atoms. The number of halogens is 18. The van der Waals surface area contributed by atoms with Crippen LogP contribution in [0, 0.1) is 93.1 Å². The molecule has 0 atom stereocenters. The fourth-order valence-electron chi connectivity index (χ4n) is 5.24. The molecule has 0 fully saturated rings. The minimum Gasteiger partial charge on any atom is -0.522 e. The van der Waals surface area contributed by atoms with Gasteiger partial charge in [0.25, 0.3) is 0 Å². The van der Waals surface area contributed by atoms with Gasteiger partial charge in [0.1, 0.15) is 5.75 Å². The van der Waals surface area contributed by atoms with E-state index in [4.69, 9.17) is 4.65 Å². The van der Waals surface area contributed by atoms with Gasteiger partial charge in [-0.3, -0.25) is 0 Å². The Labute approximate surface area is 263 Å². The first kappa shape index (κ1) is 34.6. The molecule has 1 aliphatic rings. The first-order valence-electron chi connectivity index (χ1n) is 12.8. The van der Waals surface area contributed by atoms with E-state index in [-0.39, 0.29) is 12.1 Å². The lowest BCUT2D eigenvalue weighted by Gasteiger charge is -2.23. The molecule has 1 aliphatic carbocycles. The van der Waals surface area contributed by atoms with Gasteiger partial charge < -0.3 is 9.31 Å². The van der Waals surface area contributed by atoms with Gasteiger partial charge in [0, 0.05) is 22.6 Å².